The molecule has 1 fully saturated rings. The lowest BCUT2D eigenvalue weighted by atomic mass is 9.82. The van der Waals surface area contributed by atoms with E-state index in [0.29, 0.717) is 6.54 Å². The maximum Gasteiger partial charge on any atom is 0.274 e. The van der Waals surface area contributed by atoms with Gasteiger partial charge in [0.05, 0.1) is 18.1 Å². The minimum atomic E-state index is -0.0178. The second kappa shape index (κ2) is 5.58. The molecule has 0 spiro atoms. The van der Waals surface area contributed by atoms with Gasteiger partial charge in [-0.15, -0.1) is 0 Å². The lowest BCUT2D eigenvalue weighted by Gasteiger charge is -2.35. The lowest BCUT2D eigenvalue weighted by Crippen LogP contribution is -2.39. The van der Waals surface area contributed by atoms with Gasteiger partial charge < -0.3 is 4.74 Å². The zero-order valence-corrected chi connectivity index (χ0v) is 12.2. The summed E-state index contributed by atoms with van der Waals surface area (Å²) in [7, 11) is 0. The highest BCUT2D eigenvalue weighted by Gasteiger charge is 2.32. The van der Waals surface area contributed by atoms with Gasteiger partial charge in [-0.25, -0.2) is 4.68 Å². The van der Waals surface area contributed by atoms with Gasteiger partial charge in [0, 0.05) is 24.0 Å². The quantitative estimate of drug-likeness (QED) is 0.881. The number of aromatic nitrogens is 2. The van der Waals surface area contributed by atoms with Crippen LogP contribution < -0.4 is 5.56 Å². The Bertz CT molecular complexity index is 662. The molecule has 0 atom stereocenters. The van der Waals surface area contributed by atoms with Crippen molar-refractivity contribution in [3.8, 4) is 0 Å². The Morgan fingerprint density at radius 3 is 2.80 bits per heavy atom. The summed E-state index contributed by atoms with van der Waals surface area (Å²) in [5, 5.41) is 5.94. The van der Waals surface area contributed by atoms with Crippen LogP contribution in [0.4, 0.5) is 0 Å². The van der Waals surface area contributed by atoms with Crippen LogP contribution in [-0.4, -0.2) is 28.7 Å². The van der Waals surface area contributed by atoms with Crippen molar-refractivity contribution >= 4 is 23.4 Å². The standard InChI is InChI=1S/C15H18N2O2S/c18-14-13-4-2-1-3-12(13)9-16-17(14)10-15(11-20)5-7-19-8-6-15/h1-4,9,20H,5-8,10-11H2. The number of ether oxygens (including phenoxy) is 1. The van der Waals surface area contributed by atoms with Crippen LogP contribution in [0.25, 0.3) is 10.8 Å². The number of thiol groups is 1. The van der Waals surface area contributed by atoms with Gasteiger partial charge >= 0.3 is 0 Å². The Labute approximate surface area is 123 Å². The second-order valence-corrected chi connectivity index (χ2v) is 5.78. The van der Waals surface area contributed by atoms with E-state index in [1.54, 1.807) is 10.9 Å². The predicted octanol–water partition coefficient (Wildman–Crippen LogP) is 2.12. The molecule has 1 aliphatic rings. The molecule has 2 heterocycles. The maximum absolute atomic E-state index is 12.5. The molecule has 0 radical (unpaired) electrons. The van der Waals surface area contributed by atoms with Crippen LogP contribution in [0.15, 0.2) is 35.3 Å². The molecule has 0 N–H and O–H groups in total. The largest absolute Gasteiger partial charge is 0.381 e. The van der Waals surface area contributed by atoms with Crippen LogP contribution in [0.3, 0.4) is 0 Å². The van der Waals surface area contributed by atoms with E-state index in [9.17, 15) is 4.79 Å². The molecule has 1 aromatic carbocycles. The summed E-state index contributed by atoms with van der Waals surface area (Å²) in [6.07, 6.45) is 3.62. The third-order valence-electron chi connectivity index (χ3n) is 4.14. The summed E-state index contributed by atoms with van der Waals surface area (Å²) < 4.78 is 7.01. The van der Waals surface area contributed by atoms with Crippen molar-refractivity contribution < 1.29 is 4.74 Å². The van der Waals surface area contributed by atoms with E-state index in [1.807, 2.05) is 24.3 Å². The maximum atomic E-state index is 12.5. The molecule has 4 nitrogen and oxygen atoms in total. The van der Waals surface area contributed by atoms with Gasteiger partial charge in [0.2, 0.25) is 0 Å². The third kappa shape index (κ3) is 2.47. The molecule has 2 aromatic rings. The highest BCUT2D eigenvalue weighted by molar-refractivity contribution is 7.80. The van der Waals surface area contributed by atoms with Crippen molar-refractivity contribution in [3.63, 3.8) is 0 Å². The van der Waals surface area contributed by atoms with Crippen LogP contribution in [-0.2, 0) is 11.3 Å². The first-order chi connectivity index (χ1) is 9.74. The number of hydrogen-bond acceptors (Lipinski definition) is 4. The summed E-state index contributed by atoms with van der Waals surface area (Å²) in [5.74, 6) is 0.747. The fraction of sp³-hybridized carbons (Fsp3) is 0.467. The molecule has 20 heavy (non-hydrogen) atoms. The topological polar surface area (TPSA) is 44.1 Å². The molecule has 3 rings (SSSR count). The van der Waals surface area contributed by atoms with Crippen molar-refractivity contribution in [2.24, 2.45) is 5.41 Å². The van der Waals surface area contributed by atoms with E-state index in [2.05, 4.69) is 17.7 Å². The number of nitrogens with zero attached hydrogens (tertiary/aromatic N) is 2. The van der Waals surface area contributed by atoms with Crippen molar-refractivity contribution in [1.82, 2.24) is 9.78 Å². The smallest absolute Gasteiger partial charge is 0.274 e. The van der Waals surface area contributed by atoms with Crippen molar-refractivity contribution in [3.05, 3.63) is 40.8 Å². The van der Waals surface area contributed by atoms with E-state index < -0.39 is 0 Å². The zero-order valence-electron chi connectivity index (χ0n) is 11.3. The van der Waals surface area contributed by atoms with E-state index in [1.165, 1.54) is 0 Å². The van der Waals surface area contributed by atoms with E-state index in [-0.39, 0.29) is 11.0 Å². The van der Waals surface area contributed by atoms with Gasteiger partial charge in [0.15, 0.2) is 0 Å². The van der Waals surface area contributed by atoms with Crippen LogP contribution in [0.2, 0.25) is 0 Å². The summed E-state index contributed by atoms with van der Waals surface area (Å²) in [5.41, 5.74) is -0.00330. The number of hydrogen-bond donors (Lipinski definition) is 1. The fourth-order valence-electron chi connectivity index (χ4n) is 2.73. The third-order valence-corrected chi connectivity index (χ3v) is 4.81. The van der Waals surface area contributed by atoms with E-state index >= 15 is 0 Å². The van der Waals surface area contributed by atoms with Gasteiger partial charge in [-0.3, -0.25) is 4.79 Å². The number of fused-ring (bicyclic) bond motifs is 1. The second-order valence-electron chi connectivity index (χ2n) is 5.47. The SMILES string of the molecule is O=c1c2ccccc2cnn1CC1(CS)CCOCC1. The van der Waals surface area contributed by atoms with Gasteiger partial charge in [0.1, 0.15) is 0 Å². The van der Waals surface area contributed by atoms with Crippen molar-refractivity contribution in [2.75, 3.05) is 19.0 Å². The summed E-state index contributed by atoms with van der Waals surface area (Å²) in [4.78, 5) is 12.5. The Morgan fingerprint density at radius 1 is 1.30 bits per heavy atom. The molecule has 106 valence electrons. The molecule has 5 heteroatoms. The average Bonchev–Trinajstić information content (AvgIpc) is 2.51. The Balaban J connectivity index is 1.98. The van der Waals surface area contributed by atoms with Crippen LogP contribution in [0, 0.1) is 5.41 Å². The number of rotatable bonds is 3. The molecule has 1 aromatic heterocycles. The van der Waals surface area contributed by atoms with E-state index in [4.69, 9.17) is 4.74 Å². The fourth-order valence-corrected chi connectivity index (χ4v) is 3.14. The summed E-state index contributed by atoms with van der Waals surface area (Å²) in [6.45, 7) is 2.09. The first kappa shape index (κ1) is 13.6. The van der Waals surface area contributed by atoms with Crippen molar-refractivity contribution in [1.29, 1.82) is 0 Å². The highest BCUT2D eigenvalue weighted by Crippen LogP contribution is 2.33. The van der Waals surface area contributed by atoms with E-state index in [0.717, 1.165) is 42.6 Å². The van der Waals surface area contributed by atoms with Gasteiger partial charge in [-0.2, -0.15) is 17.7 Å². The Hall–Kier alpha value is -1.33. The Morgan fingerprint density at radius 2 is 2.05 bits per heavy atom. The predicted molar refractivity (Wildman–Crippen MR) is 82.3 cm³/mol. The van der Waals surface area contributed by atoms with Gasteiger partial charge in [-0.1, -0.05) is 18.2 Å². The molecule has 0 unspecified atom stereocenters. The van der Waals surface area contributed by atoms with Crippen LogP contribution in [0.1, 0.15) is 12.8 Å². The average molecular weight is 290 g/mol. The zero-order chi connectivity index (χ0) is 14.0. The summed E-state index contributed by atoms with van der Waals surface area (Å²) >= 11 is 4.49. The monoisotopic (exact) mass is 290 g/mol. The molecule has 0 amide bonds. The van der Waals surface area contributed by atoms with Gasteiger partial charge in [0.25, 0.3) is 5.56 Å². The minimum absolute atomic E-state index is 0.0145. The molecule has 1 saturated heterocycles. The first-order valence-corrected chi connectivity index (χ1v) is 7.51. The first-order valence-electron chi connectivity index (χ1n) is 6.88. The van der Waals surface area contributed by atoms with Gasteiger partial charge in [-0.05, 0) is 24.7 Å². The normalized spacial score (nSPS) is 18.2. The molecular formula is C15H18N2O2S. The molecule has 0 bridgehead atoms. The molecule has 1 aliphatic heterocycles. The number of benzene rings is 1. The van der Waals surface area contributed by atoms with Crippen LogP contribution >= 0.6 is 12.6 Å². The van der Waals surface area contributed by atoms with Crippen molar-refractivity contribution in [2.45, 2.75) is 19.4 Å². The Kier molecular flexibility index (Phi) is 3.81. The molecule has 0 saturated carbocycles. The highest BCUT2D eigenvalue weighted by atomic mass is 32.1. The molecule has 0 aliphatic carbocycles. The summed E-state index contributed by atoms with van der Waals surface area (Å²) in [6, 6.07) is 7.57. The minimum Gasteiger partial charge on any atom is -0.381 e. The van der Waals surface area contributed by atoms with Crippen LogP contribution in [0.5, 0.6) is 0 Å². The lowest BCUT2D eigenvalue weighted by molar-refractivity contribution is 0.0159. The molecular weight excluding hydrogens is 272 g/mol.